The number of alkyl halides is 6. The zero-order chi connectivity index (χ0) is 31.6. The van der Waals surface area contributed by atoms with Crippen molar-refractivity contribution < 1.29 is 41.0 Å². The van der Waals surface area contributed by atoms with E-state index in [0.29, 0.717) is 37.0 Å². The lowest BCUT2D eigenvalue weighted by atomic mass is 9.73. The maximum Gasteiger partial charge on any atom is 0.416 e. The Balaban J connectivity index is 1.22. The Bertz CT molecular complexity index is 1370. The average Bonchev–Trinajstić information content (AvgIpc) is 3.79. The van der Waals surface area contributed by atoms with E-state index < -0.39 is 41.4 Å². The second-order valence-electron chi connectivity index (χ2n) is 13.4. The lowest BCUT2D eigenvalue weighted by molar-refractivity contribution is -0.142. The summed E-state index contributed by atoms with van der Waals surface area (Å²) >= 11 is 0. The van der Waals surface area contributed by atoms with Crippen LogP contribution in [0.3, 0.4) is 0 Å². The highest BCUT2D eigenvalue weighted by atomic mass is 19.4. The molecule has 44 heavy (non-hydrogen) atoms. The van der Waals surface area contributed by atoms with Gasteiger partial charge in [0.15, 0.2) is 0 Å². The SMILES string of the molecule is C[C@H](C(=O)O)[C@H](c1ccc2c(c1)OC(C1C[C@H]3CCC[C@@H](C1)N3[C@H](C)c1cc(C(F)(F)F)ccc1C(F)(F)F)CC2)C1CC1. The van der Waals surface area contributed by atoms with Gasteiger partial charge in [0.25, 0.3) is 0 Å². The number of aryl methyl sites for hydroxylation is 1. The van der Waals surface area contributed by atoms with Crippen molar-refractivity contribution in [3.63, 3.8) is 0 Å². The van der Waals surface area contributed by atoms with Crippen LogP contribution < -0.4 is 4.74 Å². The Morgan fingerprint density at radius 3 is 2.18 bits per heavy atom. The molecule has 0 spiro atoms. The first-order chi connectivity index (χ1) is 20.7. The summed E-state index contributed by atoms with van der Waals surface area (Å²) in [6, 6.07) is 6.97. The fraction of sp³-hybridized carbons (Fsp3) is 0.618. The number of piperidine rings is 2. The highest BCUT2D eigenvalue weighted by molar-refractivity contribution is 5.71. The summed E-state index contributed by atoms with van der Waals surface area (Å²) in [5, 5.41) is 9.72. The molecule has 2 bridgehead atoms. The first-order valence-corrected chi connectivity index (χ1v) is 15.8. The number of carboxylic acids is 1. The molecule has 1 saturated carbocycles. The number of carboxylic acid groups (broad SMARTS) is 1. The Labute approximate surface area is 253 Å². The summed E-state index contributed by atoms with van der Waals surface area (Å²) in [5.74, 6) is -0.0472. The van der Waals surface area contributed by atoms with Crippen LogP contribution in [-0.2, 0) is 23.6 Å². The van der Waals surface area contributed by atoms with E-state index in [1.807, 2.05) is 17.0 Å². The monoisotopic (exact) mass is 623 g/mol. The van der Waals surface area contributed by atoms with Crippen LogP contribution in [0.15, 0.2) is 36.4 Å². The van der Waals surface area contributed by atoms with Gasteiger partial charge in [-0.1, -0.05) is 25.5 Å². The van der Waals surface area contributed by atoms with Crippen molar-refractivity contribution in [2.45, 2.75) is 114 Å². The standard InChI is InChI=1S/C34H39F6NO3/c1-18(32(42)43)31(21-7-8-21)22-9-6-20-10-13-29(44-30(20)16-22)23-14-25-4-3-5-26(15-23)41(25)19(2)27-17-24(33(35,36)37)11-12-28(27)34(38,39)40/h6,9,11-12,16-19,21,23,25-26,29,31H,3-5,7-8,10,13-15H2,1-2H3,(H,42,43)/t18-,19+,23?,25-,26+,29?,31-/m0/s1. The topological polar surface area (TPSA) is 49.8 Å². The minimum Gasteiger partial charge on any atom is -0.490 e. The van der Waals surface area contributed by atoms with Gasteiger partial charge in [-0.25, -0.2) is 0 Å². The predicted octanol–water partition coefficient (Wildman–Crippen LogP) is 9.03. The lowest BCUT2D eigenvalue weighted by Gasteiger charge is -2.53. The summed E-state index contributed by atoms with van der Waals surface area (Å²) in [7, 11) is 0. The highest BCUT2D eigenvalue weighted by Gasteiger charge is 2.47. The molecular weight excluding hydrogens is 584 g/mol. The molecule has 4 aliphatic rings. The Morgan fingerprint density at radius 1 is 0.909 bits per heavy atom. The van der Waals surface area contributed by atoms with Gasteiger partial charge < -0.3 is 9.84 Å². The molecular formula is C34H39F6NO3. The van der Waals surface area contributed by atoms with Gasteiger partial charge in [-0.05, 0) is 117 Å². The molecule has 3 heterocycles. The first kappa shape index (κ1) is 31.2. The molecule has 0 amide bonds. The molecule has 7 atom stereocenters. The Morgan fingerprint density at radius 2 is 1.59 bits per heavy atom. The normalized spacial score (nSPS) is 28.0. The first-order valence-electron chi connectivity index (χ1n) is 15.8. The van der Waals surface area contributed by atoms with Crippen molar-refractivity contribution in [2.24, 2.45) is 17.8 Å². The minimum absolute atomic E-state index is 0.0508. The van der Waals surface area contributed by atoms with Crippen LogP contribution in [-0.4, -0.2) is 34.2 Å². The number of benzene rings is 2. The van der Waals surface area contributed by atoms with E-state index in [1.165, 1.54) is 0 Å². The maximum atomic E-state index is 14.0. The second kappa shape index (κ2) is 11.6. The van der Waals surface area contributed by atoms with E-state index in [1.54, 1.807) is 13.8 Å². The molecule has 240 valence electrons. The van der Waals surface area contributed by atoms with E-state index in [0.717, 1.165) is 61.8 Å². The zero-order valence-electron chi connectivity index (χ0n) is 24.9. The van der Waals surface area contributed by atoms with Gasteiger partial charge in [0.1, 0.15) is 11.9 Å². The molecule has 2 aromatic rings. The largest absolute Gasteiger partial charge is 0.490 e. The average molecular weight is 624 g/mol. The number of aliphatic carboxylic acids is 1. The summed E-state index contributed by atoms with van der Waals surface area (Å²) in [6.45, 7) is 3.37. The minimum atomic E-state index is -4.76. The molecule has 3 aliphatic heterocycles. The van der Waals surface area contributed by atoms with Gasteiger partial charge in [-0.15, -0.1) is 0 Å². The zero-order valence-corrected chi connectivity index (χ0v) is 24.9. The number of hydrogen-bond donors (Lipinski definition) is 1. The van der Waals surface area contributed by atoms with Crippen LogP contribution in [0, 0.1) is 17.8 Å². The van der Waals surface area contributed by atoms with Gasteiger partial charge in [-0.3, -0.25) is 9.69 Å². The van der Waals surface area contributed by atoms with Crippen LogP contribution >= 0.6 is 0 Å². The third-order valence-electron chi connectivity index (χ3n) is 10.7. The van der Waals surface area contributed by atoms with Crippen LogP contribution in [0.5, 0.6) is 5.75 Å². The summed E-state index contributed by atoms with van der Waals surface area (Å²) in [6.07, 6.45) is -1.98. The van der Waals surface area contributed by atoms with Crippen molar-refractivity contribution in [1.82, 2.24) is 4.90 Å². The summed E-state index contributed by atoms with van der Waals surface area (Å²) in [5.41, 5.74) is -0.314. The third kappa shape index (κ3) is 6.07. The molecule has 2 aromatic carbocycles. The van der Waals surface area contributed by atoms with Crippen LogP contribution in [0.2, 0.25) is 0 Å². The molecule has 0 radical (unpaired) electrons. The number of halogens is 6. The van der Waals surface area contributed by atoms with Crippen molar-refractivity contribution >= 4 is 5.97 Å². The predicted molar refractivity (Wildman–Crippen MR) is 152 cm³/mol. The number of fused-ring (bicyclic) bond motifs is 3. The van der Waals surface area contributed by atoms with E-state index in [-0.39, 0.29) is 35.6 Å². The van der Waals surface area contributed by atoms with Crippen molar-refractivity contribution in [3.8, 4) is 5.75 Å². The Kier molecular flexibility index (Phi) is 8.21. The smallest absolute Gasteiger partial charge is 0.416 e. The van der Waals surface area contributed by atoms with E-state index in [2.05, 4.69) is 6.07 Å². The van der Waals surface area contributed by atoms with Crippen molar-refractivity contribution in [3.05, 3.63) is 64.2 Å². The molecule has 6 rings (SSSR count). The molecule has 0 aromatic heterocycles. The highest BCUT2D eigenvalue weighted by Crippen LogP contribution is 2.50. The quantitative estimate of drug-likeness (QED) is 0.313. The maximum absolute atomic E-state index is 14.0. The number of nitrogens with zero attached hydrogens (tertiary/aromatic N) is 1. The molecule has 3 fully saturated rings. The molecule has 2 unspecified atom stereocenters. The fourth-order valence-corrected chi connectivity index (χ4v) is 8.42. The number of carbonyl (C=O) groups is 1. The third-order valence-corrected chi connectivity index (χ3v) is 10.7. The number of rotatable bonds is 7. The number of hydrogen-bond acceptors (Lipinski definition) is 3. The van der Waals surface area contributed by atoms with Crippen molar-refractivity contribution in [1.29, 1.82) is 0 Å². The van der Waals surface area contributed by atoms with Crippen molar-refractivity contribution in [2.75, 3.05) is 0 Å². The van der Waals surface area contributed by atoms with Crippen LogP contribution in [0.25, 0.3) is 0 Å². The molecule has 10 heteroatoms. The van der Waals surface area contributed by atoms with Gasteiger partial charge in [0.05, 0.1) is 17.0 Å². The fourth-order valence-electron chi connectivity index (χ4n) is 8.42. The van der Waals surface area contributed by atoms with Gasteiger partial charge in [-0.2, -0.15) is 26.3 Å². The lowest BCUT2D eigenvalue weighted by Crippen LogP contribution is -2.55. The van der Waals surface area contributed by atoms with Gasteiger partial charge in [0, 0.05) is 18.1 Å². The summed E-state index contributed by atoms with van der Waals surface area (Å²) in [4.78, 5) is 13.9. The van der Waals surface area contributed by atoms with E-state index in [9.17, 15) is 36.2 Å². The summed E-state index contributed by atoms with van der Waals surface area (Å²) < 4.78 is 89.2. The van der Waals surface area contributed by atoms with E-state index >= 15 is 0 Å². The van der Waals surface area contributed by atoms with E-state index in [4.69, 9.17) is 4.74 Å². The molecule has 4 nitrogen and oxygen atoms in total. The van der Waals surface area contributed by atoms with Crippen LogP contribution in [0.4, 0.5) is 26.3 Å². The molecule has 1 aliphatic carbocycles. The van der Waals surface area contributed by atoms with Gasteiger partial charge >= 0.3 is 18.3 Å². The van der Waals surface area contributed by atoms with Gasteiger partial charge in [0.2, 0.25) is 0 Å². The Hall–Kier alpha value is -2.75. The second-order valence-corrected chi connectivity index (χ2v) is 13.4. The van der Waals surface area contributed by atoms with Crippen LogP contribution in [0.1, 0.15) is 105 Å². The number of ether oxygens (including phenoxy) is 1. The molecule has 1 N–H and O–H groups in total. The molecule has 2 saturated heterocycles.